The summed E-state index contributed by atoms with van der Waals surface area (Å²) >= 11 is 25.6. The summed E-state index contributed by atoms with van der Waals surface area (Å²) in [6.45, 7) is 0.552. The van der Waals surface area contributed by atoms with E-state index >= 15 is 0 Å². The number of pyridine rings is 1. The Morgan fingerprint density at radius 3 is 2.59 bits per heavy atom. The number of para-hydroxylation sites is 1. The minimum Gasteiger partial charge on any atom is -0.305 e. The van der Waals surface area contributed by atoms with E-state index in [1.165, 1.54) is 0 Å². The van der Waals surface area contributed by atoms with Gasteiger partial charge in [-0.25, -0.2) is 4.98 Å². The van der Waals surface area contributed by atoms with Crippen molar-refractivity contribution in [3.63, 3.8) is 0 Å². The van der Waals surface area contributed by atoms with Gasteiger partial charge in [0, 0.05) is 17.2 Å². The molecule has 2 aromatic rings. The van der Waals surface area contributed by atoms with E-state index in [9.17, 15) is 4.79 Å². The Labute approximate surface area is 151 Å². The number of amides is 1. The number of fused-ring (bicyclic) bond motifs is 1. The number of halogens is 4. The van der Waals surface area contributed by atoms with Crippen LogP contribution in [-0.2, 0) is 0 Å². The number of benzene rings is 1. The molecule has 0 unspecified atom stereocenters. The van der Waals surface area contributed by atoms with E-state index in [2.05, 4.69) is 4.98 Å². The van der Waals surface area contributed by atoms with Crippen LogP contribution in [0, 0.1) is 0 Å². The summed E-state index contributed by atoms with van der Waals surface area (Å²) in [5.41, 5.74) is 0.826. The maximum atomic E-state index is 12.8. The molecule has 0 N–H and O–H groups in total. The van der Waals surface area contributed by atoms with E-state index in [0.29, 0.717) is 6.54 Å². The average Bonchev–Trinajstić information content (AvgIpc) is 2.55. The van der Waals surface area contributed by atoms with Crippen LogP contribution in [0.5, 0.6) is 0 Å². The van der Waals surface area contributed by atoms with E-state index in [1.54, 1.807) is 16.7 Å². The number of aromatic nitrogens is 1. The Kier molecular flexibility index (Phi) is 4.76. The molecule has 0 saturated carbocycles. The third-order valence-corrected chi connectivity index (χ3v) is 5.88. The topological polar surface area (TPSA) is 33.2 Å². The minimum absolute atomic E-state index is 0.00256. The highest BCUT2D eigenvalue weighted by molar-refractivity contribution is 7.99. The molecule has 1 aromatic carbocycles. The second-order valence-corrected chi connectivity index (χ2v) is 7.09. The normalized spacial score (nSPS) is 13.9. The Morgan fingerprint density at radius 1 is 1.09 bits per heavy atom. The molecule has 2 heterocycles. The molecule has 8 heteroatoms. The summed E-state index contributed by atoms with van der Waals surface area (Å²) in [7, 11) is 0. The van der Waals surface area contributed by atoms with E-state index in [-0.39, 0.29) is 31.8 Å². The molecule has 1 aliphatic rings. The van der Waals surface area contributed by atoms with Crippen molar-refractivity contribution in [1.29, 1.82) is 0 Å². The van der Waals surface area contributed by atoms with Gasteiger partial charge in [0.05, 0.1) is 20.8 Å². The molecular formula is C14H8Cl4N2OS. The fraction of sp³-hybridized carbons (Fsp3) is 0.143. The molecule has 114 valence electrons. The molecule has 3 rings (SSSR count). The zero-order valence-electron chi connectivity index (χ0n) is 10.9. The van der Waals surface area contributed by atoms with Crippen LogP contribution in [0.1, 0.15) is 10.5 Å². The summed E-state index contributed by atoms with van der Waals surface area (Å²) in [5, 5.41) is 0.0432. The van der Waals surface area contributed by atoms with Crippen molar-refractivity contribution < 1.29 is 4.79 Å². The highest BCUT2D eigenvalue weighted by atomic mass is 35.5. The summed E-state index contributed by atoms with van der Waals surface area (Å²) in [6, 6.07) is 7.66. The van der Waals surface area contributed by atoms with Crippen molar-refractivity contribution in [3.8, 4) is 0 Å². The van der Waals surface area contributed by atoms with Crippen LogP contribution in [0.4, 0.5) is 5.69 Å². The first-order valence-corrected chi connectivity index (χ1v) is 8.74. The van der Waals surface area contributed by atoms with Crippen molar-refractivity contribution in [2.24, 2.45) is 0 Å². The first-order chi connectivity index (χ1) is 10.5. The Bertz CT molecular complexity index is 769. The molecule has 0 radical (unpaired) electrons. The van der Waals surface area contributed by atoms with Crippen molar-refractivity contribution in [2.75, 3.05) is 17.2 Å². The molecule has 0 fully saturated rings. The van der Waals surface area contributed by atoms with Gasteiger partial charge in [-0.15, -0.1) is 11.8 Å². The van der Waals surface area contributed by atoms with Crippen LogP contribution in [0.15, 0.2) is 29.2 Å². The first kappa shape index (κ1) is 16.2. The molecule has 1 aromatic heterocycles. The van der Waals surface area contributed by atoms with Gasteiger partial charge in [-0.3, -0.25) is 4.79 Å². The Hall–Kier alpha value is -0.650. The van der Waals surface area contributed by atoms with Gasteiger partial charge in [0.15, 0.2) is 5.69 Å². The zero-order chi connectivity index (χ0) is 15.9. The largest absolute Gasteiger partial charge is 0.305 e. The molecule has 0 atom stereocenters. The van der Waals surface area contributed by atoms with Crippen molar-refractivity contribution in [1.82, 2.24) is 4.98 Å². The van der Waals surface area contributed by atoms with Crippen LogP contribution in [-0.4, -0.2) is 23.2 Å². The van der Waals surface area contributed by atoms with E-state index in [1.807, 2.05) is 24.3 Å². The van der Waals surface area contributed by atoms with Gasteiger partial charge in [0.25, 0.3) is 5.91 Å². The number of thioether (sulfide) groups is 1. The predicted octanol–water partition coefficient (Wildman–Crippen LogP) is 5.45. The maximum absolute atomic E-state index is 12.8. The zero-order valence-corrected chi connectivity index (χ0v) is 14.8. The summed E-state index contributed by atoms with van der Waals surface area (Å²) < 4.78 is 0. The van der Waals surface area contributed by atoms with Gasteiger partial charge in [0.2, 0.25) is 0 Å². The van der Waals surface area contributed by atoms with Crippen molar-refractivity contribution in [2.45, 2.75) is 4.90 Å². The lowest BCUT2D eigenvalue weighted by Gasteiger charge is -2.29. The molecule has 0 bridgehead atoms. The number of hydrogen-bond donors (Lipinski definition) is 0. The van der Waals surface area contributed by atoms with E-state index < -0.39 is 0 Å². The molecule has 1 aliphatic heterocycles. The van der Waals surface area contributed by atoms with E-state index in [4.69, 9.17) is 46.4 Å². The lowest BCUT2D eigenvalue weighted by Crippen LogP contribution is -2.36. The fourth-order valence-electron chi connectivity index (χ4n) is 2.14. The summed E-state index contributed by atoms with van der Waals surface area (Å²) in [4.78, 5) is 19.5. The van der Waals surface area contributed by atoms with Crippen LogP contribution in [0.3, 0.4) is 0 Å². The highest BCUT2D eigenvalue weighted by Crippen LogP contribution is 2.39. The highest BCUT2D eigenvalue weighted by Gasteiger charge is 2.28. The summed E-state index contributed by atoms with van der Waals surface area (Å²) in [6.07, 6.45) is 0. The lowest BCUT2D eigenvalue weighted by molar-refractivity contribution is 0.0983. The van der Waals surface area contributed by atoms with Crippen molar-refractivity contribution >= 4 is 69.8 Å². The van der Waals surface area contributed by atoms with Gasteiger partial charge < -0.3 is 4.90 Å². The number of hydrogen-bond acceptors (Lipinski definition) is 3. The molecule has 1 amide bonds. The van der Waals surface area contributed by atoms with Gasteiger partial charge in [-0.05, 0) is 12.1 Å². The first-order valence-electron chi connectivity index (χ1n) is 6.24. The Balaban J connectivity index is 2.07. The Morgan fingerprint density at radius 2 is 1.82 bits per heavy atom. The van der Waals surface area contributed by atoms with Crippen LogP contribution in [0.2, 0.25) is 20.2 Å². The molecule has 22 heavy (non-hydrogen) atoms. The quantitative estimate of drug-likeness (QED) is 0.604. The standard InChI is InChI=1S/C14H8Cl4N2OS/c15-9-10(16)12(19-13(18)11(9)17)14(21)20-5-6-22-8-4-2-1-3-7(8)20/h1-4H,5-6H2. The second-order valence-electron chi connectivity index (χ2n) is 4.47. The molecule has 3 nitrogen and oxygen atoms in total. The van der Waals surface area contributed by atoms with Gasteiger partial charge >= 0.3 is 0 Å². The average molecular weight is 394 g/mol. The van der Waals surface area contributed by atoms with E-state index in [0.717, 1.165) is 16.3 Å². The van der Waals surface area contributed by atoms with Gasteiger partial charge in [-0.1, -0.05) is 58.5 Å². The van der Waals surface area contributed by atoms with Crippen LogP contribution >= 0.6 is 58.2 Å². The summed E-state index contributed by atoms with van der Waals surface area (Å²) in [5.74, 6) is 0.438. The molecular weight excluding hydrogens is 386 g/mol. The fourth-order valence-corrected chi connectivity index (χ4v) is 3.94. The third kappa shape index (κ3) is 2.79. The molecule has 0 aliphatic carbocycles. The number of carbonyl (C=O) groups is 1. The minimum atomic E-state index is -0.349. The lowest BCUT2D eigenvalue weighted by atomic mass is 10.2. The number of carbonyl (C=O) groups excluding carboxylic acids is 1. The van der Waals surface area contributed by atoms with Crippen LogP contribution in [0.25, 0.3) is 0 Å². The maximum Gasteiger partial charge on any atom is 0.278 e. The second kappa shape index (κ2) is 6.46. The number of nitrogens with zero attached hydrogens (tertiary/aromatic N) is 2. The number of rotatable bonds is 1. The monoisotopic (exact) mass is 392 g/mol. The SMILES string of the molecule is O=C(c1nc(Cl)c(Cl)c(Cl)c1Cl)N1CCSc2ccccc21. The predicted molar refractivity (Wildman–Crippen MR) is 93.1 cm³/mol. The third-order valence-electron chi connectivity index (χ3n) is 3.16. The van der Waals surface area contributed by atoms with Crippen LogP contribution < -0.4 is 4.90 Å². The van der Waals surface area contributed by atoms with Gasteiger partial charge in [-0.2, -0.15) is 0 Å². The van der Waals surface area contributed by atoms with Gasteiger partial charge in [0.1, 0.15) is 5.15 Å². The molecule has 0 spiro atoms. The molecule has 0 saturated heterocycles. The van der Waals surface area contributed by atoms with Crippen molar-refractivity contribution in [3.05, 3.63) is 50.2 Å². The number of anilines is 1. The smallest absolute Gasteiger partial charge is 0.278 e.